The first-order chi connectivity index (χ1) is 10.3. The van der Waals surface area contributed by atoms with Crippen molar-refractivity contribution in [2.45, 2.75) is 11.8 Å². The zero-order chi connectivity index (χ0) is 16.9. The number of carbonyl (C=O) groups is 2. The monoisotopic (exact) mass is 313 g/mol. The van der Waals surface area contributed by atoms with Gasteiger partial charge in [-0.2, -0.15) is 0 Å². The Hall–Kier alpha value is -2.56. The molecule has 2 atom stereocenters. The molecule has 1 rings (SSSR count). The maximum absolute atomic E-state index is 12.1. The van der Waals surface area contributed by atoms with Gasteiger partial charge in [-0.05, 0) is 12.1 Å². The number of nitrogens with one attached hydrogen (secondary N) is 1. The summed E-state index contributed by atoms with van der Waals surface area (Å²) in [5.41, 5.74) is 1.94. The lowest BCUT2D eigenvalue weighted by Gasteiger charge is -2.27. The topological polar surface area (TPSA) is 176 Å². The second kappa shape index (κ2) is 6.93. The van der Waals surface area contributed by atoms with Crippen molar-refractivity contribution < 1.29 is 29.8 Å². The summed E-state index contributed by atoms with van der Waals surface area (Å²) in [4.78, 5) is 33.4. The third kappa shape index (κ3) is 3.19. The fourth-order valence-electron chi connectivity index (χ4n) is 1.76. The molecule has 10 nitrogen and oxygen atoms in total. The summed E-state index contributed by atoms with van der Waals surface area (Å²) < 4.78 is 0. The lowest BCUT2D eigenvalue weighted by Crippen LogP contribution is -2.65. The van der Waals surface area contributed by atoms with Gasteiger partial charge in [0.2, 0.25) is 5.91 Å². The molecular weight excluding hydrogens is 298 g/mol. The maximum Gasteiger partial charge on any atom is 0.346 e. The quantitative estimate of drug-likeness (QED) is 0.216. The van der Waals surface area contributed by atoms with Crippen molar-refractivity contribution in [3.05, 3.63) is 45.5 Å². The lowest BCUT2D eigenvalue weighted by atomic mass is 10.0. The second-order valence-electron chi connectivity index (χ2n) is 4.40. The van der Waals surface area contributed by atoms with E-state index in [-0.39, 0.29) is 11.1 Å². The summed E-state index contributed by atoms with van der Waals surface area (Å²) >= 11 is 0. The molecule has 0 saturated carbocycles. The highest BCUT2D eigenvalue weighted by Crippen LogP contribution is 2.15. The molecule has 0 saturated heterocycles. The summed E-state index contributed by atoms with van der Waals surface area (Å²) in [6, 6.07) is 5.28. The van der Waals surface area contributed by atoms with Crippen LogP contribution in [0.2, 0.25) is 0 Å². The lowest BCUT2D eigenvalue weighted by molar-refractivity contribution is -0.592. The Morgan fingerprint density at radius 3 is 2.27 bits per heavy atom. The van der Waals surface area contributed by atoms with Gasteiger partial charge in [0.25, 0.3) is 5.91 Å². The number of amides is 2. The van der Waals surface area contributed by atoms with Crippen LogP contribution in [0.5, 0.6) is 0 Å². The van der Waals surface area contributed by atoms with Gasteiger partial charge in [0.1, 0.15) is 6.61 Å². The highest BCUT2D eigenvalue weighted by molar-refractivity contribution is 6.06. The zero-order valence-electron chi connectivity index (χ0n) is 11.3. The molecule has 22 heavy (non-hydrogen) atoms. The van der Waals surface area contributed by atoms with Gasteiger partial charge in [-0.3, -0.25) is 25.0 Å². The van der Waals surface area contributed by atoms with Gasteiger partial charge in [0.15, 0.2) is 6.10 Å². The van der Waals surface area contributed by atoms with Gasteiger partial charge in [0, 0.05) is 0 Å². The van der Waals surface area contributed by atoms with Crippen LogP contribution in [0.15, 0.2) is 24.3 Å². The van der Waals surface area contributed by atoms with Crippen LogP contribution in [0.25, 0.3) is 0 Å². The average molecular weight is 313 g/mol. The van der Waals surface area contributed by atoms with Crippen LogP contribution in [-0.2, 0) is 0 Å². The number of aliphatic hydroxyl groups excluding tert-OH is 3. The van der Waals surface area contributed by atoms with Crippen molar-refractivity contribution in [3.63, 3.8) is 0 Å². The molecule has 0 aliphatic carbocycles. The van der Waals surface area contributed by atoms with Gasteiger partial charge in [-0.25, -0.2) is 0 Å². The van der Waals surface area contributed by atoms with E-state index in [2.05, 4.69) is 0 Å². The number of nitro groups is 1. The number of benzene rings is 1. The van der Waals surface area contributed by atoms with Crippen LogP contribution in [0.3, 0.4) is 0 Å². The Morgan fingerprint density at radius 1 is 1.32 bits per heavy atom. The van der Waals surface area contributed by atoms with E-state index < -0.39 is 41.7 Å². The Balaban J connectivity index is 3.23. The molecule has 1 aromatic carbocycles. The molecule has 0 bridgehead atoms. The van der Waals surface area contributed by atoms with Gasteiger partial charge in [-0.1, -0.05) is 12.1 Å². The van der Waals surface area contributed by atoms with E-state index in [0.29, 0.717) is 0 Å². The Labute approximate surface area is 124 Å². The van der Waals surface area contributed by atoms with Crippen LogP contribution in [0, 0.1) is 10.1 Å². The number of primary amides is 1. The van der Waals surface area contributed by atoms with E-state index in [1.807, 2.05) is 5.32 Å². The van der Waals surface area contributed by atoms with Gasteiger partial charge in [-0.15, -0.1) is 0 Å². The van der Waals surface area contributed by atoms with E-state index in [1.54, 1.807) is 0 Å². The number of rotatable bonds is 7. The molecule has 0 fully saturated rings. The third-order valence-corrected chi connectivity index (χ3v) is 3.06. The molecule has 0 aromatic heterocycles. The van der Waals surface area contributed by atoms with Crippen LogP contribution < -0.4 is 11.1 Å². The number of hydrogen-bond acceptors (Lipinski definition) is 7. The minimum Gasteiger partial charge on any atom is -0.393 e. The molecule has 0 aliphatic rings. The van der Waals surface area contributed by atoms with Crippen molar-refractivity contribution in [2.24, 2.45) is 5.73 Å². The molecule has 0 spiro atoms. The summed E-state index contributed by atoms with van der Waals surface area (Å²) in [6.07, 6.45) is -2.06. The van der Waals surface area contributed by atoms with Gasteiger partial charge < -0.3 is 21.1 Å². The molecule has 2 amide bonds. The van der Waals surface area contributed by atoms with Crippen molar-refractivity contribution >= 4 is 11.8 Å². The highest BCUT2D eigenvalue weighted by atomic mass is 16.6. The summed E-state index contributed by atoms with van der Waals surface area (Å²) in [7, 11) is 0. The van der Waals surface area contributed by atoms with Crippen molar-refractivity contribution in [1.82, 2.24) is 5.32 Å². The molecule has 120 valence electrons. The molecule has 0 aliphatic heterocycles. The first-order valence-corrected chi connectivity index (χ1v) is 6.05. The van der Waals surface area contributed by atoms with E-state index in [4.69, 9.17) is 10.8 Å². The standard InChI is InChI=1S/C12H15N3O7/c13-10(19)7-3-1-2-4-8(7)11(20)14-12(6-17,15(21)22)9(18)5-16/h1-4,9,16-18H,5-6H2,(H2,13,19)(H,14,20). The van der Waals surface area contributed by atoms with Crippen LogP contribution in [0.1, 0.15) is 20.7 Å². The van der Waals surface area contributed by atoms with E-state index in [9.17, 15) is 29.9 Å². The normalized spacial score (nSPS) is 14.7. The fourth-order valence-corrected chi connectivity index (χ4v) is 1.76. The van der Waals surface area contributed by atoms with Gasteiger partial charge >= 0.3 is 5.66 Å². The van der Waals surface area contributed by atoms with E-state index in [0.717, 1.165) is 0 Å². The Kier molecular flexibility index (Phi) is 5.51. The van der Waals surface area contributed by atoms with Crippen molar-refractivity contribution in [2.75, 3.05) is 13.2 Å². The zero-order valence-corrected chi connectivity index (χ0v) is 11.3. The number of nitrogens with two attached hydrogens (primary N) is 1. The van der Waals surface area contributed by atoms with Gasteiger partial charge in [0.05, 0.1) is 22.7 Å². The smallest absolute Gasteiger partial charge is 0.346 e. The van der Waals surface area contributed by atoms with E-state index in [1.165, 1.54) is 24.3 Å². The minimum atomic E-state index is -2.71. The number of aliphatic hydroxyl groups is 3. The highest BCUT2D eigenvalue weighted by Gasteiger charge is 2.51. The number of carbonyl (C=O) groups excluding carboxylic acids is 2. The second-order valence-corrected chi connectivity index (χ2v) is 4.40. The summed E-state index contributed by atoms with van der Waals surface area (Å²) in [5, 5.41) is 40.6. The Bertz CT molecular complexity index is 592. The van der Waals surface area contributed by atoms with Crippen LogP contribution in [-0.4, -0.2) is 57.0 Å². The minimum absolute atomic E-state index is 0.186. The maximum atomic E-state index is 12.1. The van der Waals surface area contributed by atoms with Crippen LogP contribution in [0.4, 0.5) is 0 Å². The van der Waals surface area contributed by atoms with Crippen LogP contribution >= 0.6 is 0 Å². The first kappa shape index (κ1) is 17.5. The summed E-state index contributed by atoms with van der Waals surface area (Å²) in [5.74, 6) is -2.03. The number of hydrogen-bond donors (Lipinski definition) is 5. The predicted octanol–water partition coefficient (Wildman–Crippen LogP) is -2.17. The van der Waals surface area contributed by atoms with Crippen molar-refractivity contribution in [3.8, 4) is 0 Å². The van der Waals surface area contributed by atoms with E-state index >= 15 is 0 Å². The molecular formula is C12H15N3O7. The molecule has 0 radical (unpaired) electrons. The molecule has 2 unspecified atom stereocenters. The largest absolute Gasteiger partial charge is 0.393 e. The Morgan fingerprint density at radius 2 is 1.86 bits per heavy atom. The first-order valence-electron chi connectivity index (χ1n) is 6.05. The average Bonchev–Trinajstić information content (AvgIpc) is 2.51. The molecule has 0 heterocycles. The number of nitrogens with zero attached hydrogens (tertiary/aromatic N) is 1. The SMILES string of the molecule is NC(=O)c1ccccc1C(=O)NC(CO)(C(O)CO)[N+](=O)[O-]. The summed E-state index contributed by atoms with van der Waals surface area (Å²) in [6.45, 7) is -2.34. The molecule has 10 heteroatoms. The molecule has 1 aromatic rings. The van der Waals surface area contributed by atoms with Crippen molar-refractivity contribution in [1.29, 1.82) is 0 Å². The predicted molar refractivity (Wildman–Crippen MR) is 72.3 cm³/mol. The third-order valence-electron chi connectivity index (χ3n) is 3.06. The fraction of sp³-hybridized carbons (Fsp3) is 0.333. The molecule has 6 N–H and O–H groups in total.